The van der Waals surface area contributed by atoms with E-state index < -0.39 is 147 Å². The lowest BCUT2D eigenvalue weighted by molar-refractivity contribution is -0.343. The van der Waals surface area contributed by atoms with Gasteiger partial charge in [-0.15, -0.1) is 0 Å². The zero-order chi connectivity index (χ0) is 37.8. The van der Waals surface area contributed by atoms with Crippen LogP contribution in [0.3, 0.4) is 0 Å². The minimum atomic E-state index is -1.72. The lowest BCUT2D eigenvalue weighted by atomic mass is 9.83. The Bertz CT molecular complexity index is 1350. The molecule has 0 unspecified atom stereocenters. The molecule has 0 aromatic rings. The maximum Gasteiger partial charge on any atom is 0.337 e. The van der Waals surface area contributed by atoms with Crippen molar-refractivity contribution in [2.75, 3.05) is 20.3 Å². The van der Waals surface area contributed by atoms with Gasteiger partial charge in [0.15, 0.2) is 12.6 Å². The summed E-state index contributed by atoms with van der Waals surface area (Å²) in [6.07, 6.45) is -17.1. The first-order valence-electron chi connectivity index (χ1n) is 17.3. The van der Waals surface area contributed by atoms with Crippen molar-refractivity contribution in [2.45, 2.75) is 113 Å². The van der Waals surface area contributed by atoms with Crippen LogP contribution in [0, 0.1) is 35.5 Å². The van der Waals surface area contributed by atoms with Gasteiger partial charge in [0, 0.05) is 29.6 Å². The summed E-state index contributed by atoms with van der Waals surface area (Å²) in [4.78, 5) is 26.6. The normalized spacial score (nSPS) is 48.7. The molecule has 0 bridgehead atoms. The highest BCUT2D eigenvalue weighted by atomic mass is 16.8. The van der Waals surface area contributed by atoms with Crippen LogP contribution in [-0.4, -0.2) is 164 Å². The highest BCUT2D eigenvalue weighted by Crippen LogP contribution is 2.51. The van der Waals surface area contributed by atoms with Crippen LogP contribution in [0.2, 0.25) is 0 Å². The van der Waals surface area contributed by atoms with Crippen LogP contribution in [0.15, 0.2) is 23.7 Å². The van der Waals surface area contributed by atoms with Crippen molar-refractivity contribution in [3.8, 4) is 0 Å². The molecule has 4 aliphatic heterocycles. The van der Waals surface area contributed by atoms with Gasteiger partial charge in [0.05, 0.1) is 50.1 Å². The summed E-state index contributed by atoms with van der Waals surface area (Å²) in [5.74, 6) is -5.09. The lowest BCUT2D eigenvalue weighted by Crippen LogP contribution is -2.60. The van der Waals surface area contributed by atoms with Crippen LogP contribution in [0.4, 0.5) is 0 Å². The fourth-order valence-electron chi connectivity index (χ4n) is 8.42. The number of ether oxygens (including phenoxy) is 8. The van der Waals surface area contributed by atoms with E-state index in [2.05, 4.69) is 0 Å². The number of hydrogen-bond acceptors (Lipinski definition) is 19. The molecule has 20 atom stereocenters. The van der Waals surface area contributed by atoms with Gasteiger partial charge < -0.3 is 83.9 Å². The first-order valence-corrected chi connectivity index (χ1v) is 17.3. The van der Waals surface area contributed by atoms with Gasteiger partial charge in [0.25, 0.3) is 0 Å². The highest BCUT2D eigenvalue weighted by Gasteiger charge is 2.57. The second kappa shape index (κ2) is 15.7. The van der Waals surface area contributed by atoms with Crippen molar-refractivity contribution in [3.05, 3.63) is 23.7 Å². The van der Waals surface area contributed by atoms with Gasteiger partial charge in [-0.3, -0.25) is 0 Å². The molecule has 9 N–H and O–H groups in total. The molecule has 0 aromatic carbocycles. The SMILES string of the molecule is COC(=O)C1=CO[C@@H](O[C@@H]2O[C@H](CO)[C@@H](O)[C@H](O)[C@H]2O)[C@@H]2[C@@H](C)[C@@H](OC(=O)C3=CO[C@@H](O[C@@H]4O[C@H](CO)[C@@H](O)[C@H](O)[C@H]4O)[C@@H]4[C@@H](C)[C@@H](O)C[C@H]34)C[C@H]12. The van der Waals surface area contributed by atoms with Crippen molar-refractivity contribution in [2.24, 2.45) is 35.5 Å². The molecule has 4 fully saturated rings. The van der Waals surface area contributed by atoms with Gasteiger partial charge >= 0.3 is 11.9 Å². The number of carbonyl (C=O) groups excluding carboxylic acids is 2. The van der Waals surface area contributed by atoms with E-state index in [1.54, 1.807) is 13.8 Å². The second-order valence-electron chi connectivity index (χ2n) is 14.4. The summed E-state index contributed by atoms with van der Waals surface area (Å²) < 4.78 is 45.4. The topological polar surface area (TPSA) is 290 Å². The molecule has 19 nitrogen and oxygen atoms in total. The van der Waals surface area contributed by atoms with E-state index >= 15 is 0 Å². The minimum absolute atomic E-state index is 0.0956. The van der Waals surface area contributed by atoms with Crippen LogP contribution >= 0.6 is 0 Å². The van der Waals surface area contributed by atoms with Crippen LogP contribution in [-0.2, 0) is 47.5 Å². The molecule has 2 saturated carbocycles. The second-order valence-corrected chi connectivity index (χ2v) is 14.4. The summed E-state index contributed by atoms with van der Waals surface area (Å²) in [7, 11) is 1.20. The lowest BCUT2D eigenvalue weighted by Gasteiger charge is -2.43. The van der Waals surface area contributed by atoms with Gasteiger partial charge in [0.1, 0.15) is 54.9 Å². The van der Waals surface area contributed by atoms with Crippen LogP contribution in [0.1, 0.15) is 26.7 Å². The van der Waals surface area contributed by atoms with E-state index in [0.29, 0.717) is 0 Å². The first-order chi connectivity index (χ1) is 24.7. The maximum atomic E-state index is 13.9. The molecule has 294 valence electrons. The molecule has 6 rings (SSSR count). The van der Waals surface area contributed by atoms with Crippen molar-refractivity contribution in [1.82, 2.24) is 0 Å². The van der Waals surface area contributed by atoms with Gasteiger partial charge in [-0.25, -0.2) is 9.59 Å². The molecule has 19 heteroatoms. The number of hydrogen-bond donors (Lipinski definition) is 9. The molecule has 0 spiro atoms. The largest absolute Gasteiger partial charge is 0.472 e. The number of fused-ring (bicyclic) bond motifs is 2. The summed E-state index contributed by atoms with van der Waals surface area (Å²) in [6, 6.07) is 0. The quantitative estimate of drug-likeness (QED) is 0.102. The first kappa shape index (κ1) is 39.2. The summed E-state index contributed by atoms with van der Waals surface area (Å²) in [5.41, 5.74) is 0.242. The average molecular weight is 749 g/mol. The number of rotatable bonds is 9. The van der Waals surface area contributed by atoms with E-state index in [4.69, 9.17) is 37.9 Å². The van der Waals surface area contributed by atoms with Crippen molar-refractivity contribution < 1.29 is 93.4 Å². The van der Waals surface area contributed by atoms with Gasteiger partial charge in [-0.05, 0) is 18.8 Å². The Balaban J connectivity index is 1.18. The Labute approximate surface area is 297 Å². The summed E-state index contributed by atoms with van der Waals surface area (Å²) in [5, 5.41) is 91.9. The van der Waals surface area contributed by atoms with E-state index in [1.165, 1.54) is 7.11 Å². The van der Waals surface area contributed by atoms with E-state index in [1.807, 2.05) is 0 Å². The zero-order valence-electron chi connectivity index (χ0n) is 28.6. The average Bonchev–Trinajstić information content (AvgIpc) is 3.62. The summed E-state index contributed by atoms with van der Waals surface area (Å²) in [6.45, 7) is 2.13. The molecular weight excluding hydrogens is 700 g/mol. The number of carbonyl (C=O) groups is 2. The molecule has 4 heterocycles. The van der Waals surface area contributed by atoms with Gasteiger partial charge in [-0.2, -0.15) is 0 Å². The number of methoxy groups -OCH3 is 1. The van der Waals surface area contributed by atoms with E-state index in [9.17, 15) is 55.5 Å². The molecule has 6 aliphatic rings. The monoisotopic (exact) mass is 748 g/mol. The molecule has 0 amide bonds. The van der Waals surface area contributed by atoms with Gasteiger partial charge in [-0.1, -0.05) is 13.8 Å². The fraction of sp³-hybridized carbons (Fsp3) is 0.818. The molecule has 2 saturated heterocycles. The van der Waals surface area contributed by atoms with Crippen LogP contribution in [0.25, 0.3) is 0 Å². The Morgan fingerprint density at radius 1 is 0.654 bits per heavy atom. The minimum Gasteiger partial charge on any atom is -0.472 e. The van der Waals surface area contributed by atoms with Crippen molar-refractivity contribution in [1.29, 1.82) is 0 Å². The number of aliphatic hydroxyl groups excluding tert-OH is 9. The number of esters is 2. The standard InChI is InChI=1S/C33H48O19/c1-10-16(36)4-12-15(9-47-30(20(10)12)51-32-26(41)24(39)22(37)18(6-34)49-32)29(44)48-17-5-13-14(28(43)45-3)8-46-31(21(13)11(17)2)52-33-27(42)25(40)23(38)19(7-35)50-33/h8-13,16-27,30-42H,4-7H2,1-3H3/t10-,11-,12+,13+,16-,17-,18+,19+,20+,21+,22+,23+,24-,25-,26+,27+,30-,31-,32-,33-/m0/s1. The molecule has 2 aliphatic carbocycles. The fourth-order valence-corrected chi connectivity index (χ4v) is 8.42. The third kappa shape index (κ3) is 6.96. The molecule has 52 heavy (non-hydrogen) atoms. The molecule has 0 aromatic heterocycles. The third-order valence-electron chi connectivity index (χ3n) is 11.6. The smallest absolute Gasteiger partial charge is 0.337 e. The summed E-state index contributed by atoms with van der Waals surface area (Å²) >= 11 is 0. The van der Waals surface area contributed by atoms with E-state index in [0.717, 1.165) is 12.5 Å². The highest BCUT2D eigenvalue weighted by molar-refractivity contribution is 5.90. The Kier molecular flexibility index (Phi) is 11.8. The van der Waals surface area contributed by atoms with Gasteiger partial charge in [0.2, 0.25) is 12.6 Å². The van der Waals surface area contributed by atoms with Crippen molar-refractivity contribution in [3.63, 3.8) is 0 Å². The zero-order valence-corrected chi connectivity index (χ0v) is 28.6. The Hall–Kier alpha value is -2.50. The Morgan fingerprint density at radius 3 is 1.60 bits per heavy atom. The van der Waals surface area contributed by atoms with Crippen LogP contribution < -0.4 is 0 Å². The van der Waals surface area contributed by atoms with Crippen LogP contribution in [0.5, 0.6) is 0 Å². The molecular formula is C33H48O19. The number of aliphatic hydroxyl groups is 9. The Morgan fingerprint density at radius 2 is 1.12 bits per heavy atom. The van der Waals surface area contributed by atoms with E-state index in [-0.39, 0.29) is 24.0 Å². The maximum absolute atomic E-state index is 13.9. The predicted octanol–water partition coefficient (Wildman–Crippen LogP) is -3.91. The predicted molar refractivity (Wildman–Crippen MR) is 165 cm³/mol. The molecule has 0 radical (unpaired) electrons. The van der Waals surface area contributed by atoms with Crippen molar-refractivity contribution >= 4 is 11.9 Å². The third-order valence-corrected chi connectivity index (χ3v) is 11.6.